The average molecular weight is 356 g/mol. The van der Waals surface area contributed by atoms with Crippen LogP contribution in [0.3, 0.4) is 0 Å². The lowest BCUT2D eigenvalue weighted by Gasteiger charge is -2.10. The Hall–Kier alpha value is -2.67. The second-order valence-electron chi connectivity index (χ2n) is 5.59. The number of hydrogen-bond acceptors (Lipinski definition) is 4. The number of halogens is 1. The van der Waals surface area contributed by atoms with Crippen molar-refractivity contribution in [2.24, 2.45) is 0 Å². The predicted octanol–water partition coefficient (Wildman–Crippen LogP) is 4.04. The van der Waals surface area contributed by atoms with E-state index < -0.39 is 11.1 Å². The van der Waals surface area contributed by atoms with E-state index in [2.05, 4.69) is 20.5 Å². The Morgan fingerprint density at radius 3 is 2.72 bits per heavy atom. The Bertz CT molecular complexity index is 879. The van der Waals surface area contributed by atoms with Crippen LogP contribution in [0.5, 0.6) is 0 Å². The lowest BCUT2D eigenvalue weighted by Crippen LogP contribution is -2.22. The quantitative estimate of drug-likeness (QED) is 0.677. The van der Waals surface area contributed by atoms with Crippen LogP contribution in [0.4, 0.5) is 10.1 Å². The summed E-state index contributed by atoms with van der Waals surface area (Å²) in [7, 11) is 0. The molecule has 0 aliphatic rings. The molecule has 0 saturated heterocycles. The monoisotopic (exact) mass is 356 g/mol. The van der Waals surface area contributed by atoms with Gasteiger partial charge in [-0.1, -0.05) is 47.7 Å². The number of nitrogens with one attached hydrogen (secondary N) is 2. The summed E-state index contributed by atoms with van der Waals surface area (Å²) in [6.45, 7) is 3.77. The maximum Gasteiger partial charge on any atom is 0.237 e. The number of aromatic nitrogens is 3. The fourth-order valence-electron chi connectivity index (χ4n) is 2.16. The number of anilines is 1. The molecule has 2 N–H and O–H groups in total. The molecule has 7 heteroatoms. The number of amides is 1. The number of H-pyrrole nitrogens is 1. The molecule has 0 radical (unpaired) electrons. The molecule has 3 aromatic rings. The number of benzene rings is 2. The average Bonchev–Trinajstić information content (AvgIpc) is 3.04. The van der Waals surface area contributed by atoms with E-state index in [4.69, 9.17) is 0 Å². The first-order valence-electron chi connectivity index (χ1n) is 7.74. The van der Waals surface area contributed by atoms with E-state index >= 15 is 0 Å². The number of aromatic amines is 1. The first kappa shape index (κ1) is 17.2. The van der Waals surface area contributed by atoms with Crippen molar-refractivity contribution in [3.05, 3.63) is 59.9 Å². The molecule has 3 rings (SSSR count). The van der Waals surface area contributed by atoms with Crippen LogP contribution in [-0.2, 0) is 4.79 Å². The Kier molecular flexibility index (Phi) is 5.14. The molecule has 0 bridgehead atoms. The molecular formula is C18H17FN4OS. The number of rotatable bonds is 5. The van der Waals surface area contributed by atoms with E-state index in [0.29, 0.717) is 16.7 Å². The van der Waals surface area contributed by atoms with E-state index in [0.717, 1.165) is 5.56 Å². The number of aryl methyl sites for hydroxylation is 1. The van der Waals surface area contributed by atoms with E-state index in [1.54, 1.807) is 19.1 Å². The minimum atomic E-state index is -0.426. The Morgan fingerprint density at radius 2 is 2.00 bits per heavy atom. The highest BCUT2D eigenvalue weighted by atomic mass is 32.2. The number of nitrogens with zero attached hydrogens (tertiary/aromatic N) is 2. The van der Waals surface area contributed by atoms with Crippen molar-refractivity contribution in [2.75, 3.05) is 5.32 Å². The van der Waals surface area contributed by atoms with Gasteiger partial charge in [-0.15, -0.1) is 5.10 Å². The molecule has 0 spiro atoms. The van der Waals surface area contributed by atoms with Crippen molar-refractivity contribution in [3.8, 4) is 11.4 Å². The summed E-state index contributed by atoms with van der Waals surface area (Å²) < 4.78 is 13.2. The van der Waals surface area contributed by atoms with Gasteiger partial charge in [-0.05, 0) is 32.0 Å². The third kappa shape index (κ3) is 4.45. The first-order valence-corrected chi connectivity index (χ1v) is 8.62. The number of carbonyl (C=O) groups excluding carboxylic acids is 1. The topological polar surface area (TPSA) is 70.7 Å². The zero-order valence-electron chi connectivity index (χ0n) is 13.8. The summed E-state index contributed by atoms with van der Waals surface area (Å²) in [6, 6.07) is 13.7. The number of carbonyl (C=O) groups is 1. The highest BCUT2D eigenvalue weighted by Crippen LogP contribution is 2.24. The summed E-state index contributed by atoms with van der Waals surface area (Å²) in [6.07, 6.45) is 0. The fourth-order valence-corrected chi connectivity index (χ4v) is 2.89. The minimum absolute atomic E-state index is 0.239. The van der Waals surface area contributed by atoms with Gasteiger partial charge < -0.3 is 5.32 Å². The molecule has 0 saturated carbocycles. The molecule has 0 fully saturated rings. The second kappa shape index (κ2) is 7.48. The molecule has 2 aromatic carbocycles. The van der Waals surface area contributed by atoms with Gasteiger partial charge in [0, 0.05) is 11.3 Å². The summed E-state index contributed by atoms with van der Waals surface area (Å²) in [5.74, 6) is 0.0207. The summed E-state index contributed by atoms with van der Waals surface area (Å²) >= 11 is 1.23. The van der Waals surface area contributed by atoms with Gasteiger partial charge in [0.25, 0.3) is 0 Å². The lowest BCUT2D eigenvalue weighted by atomic mass is 10.1. The van der Waals surface area contributed by atoms with E-state index in [9.17, 15) is 9.18 Å². The third-order valence-corrected chi connectivity index (χ3v) is 4.49. The molecular weight excluding hydrogens is 339 g/mol. The Balaban J connectivity index is 1.63. The van der Waals surface area contributed by atoms with Crippen molar-refractivity contribution in [1.29, 1.82) is 0 Å². The van der Waals surface area contributed by atoms with Crippen LogP contribution in [0.1, 0.15) is 12.5 Å². The van der Waals surface area contributed by atoms with Gasteiger partial charge in [-0.3, -0.25) is 9.89 Å². The summed E-state index contributed by atoms with van der Waals surface area (Å²) in [5.41, 5.74) is 2.52. The van der Waals surface area contributed by atoms with Crippen molar-refractivity contribution < 1.29 is 9.18 Å². The molecule has 0 unspecified atom stereocenters. The predicted molar refractivity (Wildman–Crippen MR) is 96.9 cm³/mol. The zero-order chi connectivity index (χ0) is 17.8. The van der Waals surface area contributed by atoms with Crippen LogP contribution in [0, 0.1) is 12.7 Å². The smallest absolute Gasteiger partial charge is 0.237 e. The van der Waals surface area contributed by atoms with E-state index in [-0.39, 0.29) is 5.91 Å². The van der Waals surface area contributed by atoms with Gasteiger partial charge in [-0.2, -0.15) is 0 Å². The molecule has 128 valence electrons. The van der Waals surface area contributed by atoms with Crippen LogP contribution >= 0.6 is 11.8 Å². The highest BCUT2D eigenvalue weighted by molar-refractivity contribution is 8.00. The van der Waals surface area contributed by atoms with Crippen LogP contribution < -0.4 is 5.32 Å². The lowest BCUT2D eigenvalue weighted by molar-refractivity contribution is -0.115. The SMILES string of the molecule is Cc1ccc(-c2nc(S[C@@H](C)C(=O)Nc3cccc(F)c3)n[nH]2)cc1. The summed E-state index contributed by atoms with van der Waals surface area (Å²) in [5, 5.41) is 9.76. The van der Waals surface area contributed by atoms with Gasteiger partial charge in [0.15, 0.2) is 5.82 Å². The molecule has 1 atom stereocenters. The first-order chi connectivity index (χ1) is 12.0. The highest BCUT2D eigenvalue weighted by Gasteiger charge is 2.17. The number of hydrogen-bond donors (Lipinski definition) is 2. The van der Waals surface area contributed by atoms with Gasteiger partial charge >= 0.3 is 0 Å². The van der Waals surface area contributed by atoms with Crippen molar-refractivity contribution in [2.45, 2.75) is 24.3 Å². The molecule has 1 aromatic heterocycles. The maximum atomic E-state index is 13.2. The van der Waals surface area contributed by atoms with Gasteiger partial charge in [0.2, 0.25) is 11.1 Å². The molecule has 1 heterocycles. The molecule has 0 aliphatic carbocycles. The maximum absolute atomic E-state index is 13.2. The second-order valence-corrected chi connectivity index (χ2v) is 6.90. The summed E-state index contributed by atoms with van der Waals surface area (Å²) in [4.78, 5) is 16.6. The molecule has 1 amide bonds. The minimum Gasteiger partial charge on any atom is -0.325 e. The van der Waals surface area contributed by atoms with Crippen LogP contribution in [-0.4, -0.2) is 26.3 Å². The van der Waals surface area contributed by atoms with Crippen LogP contribution in [0.25, 0.3) is 11.4 Å². The Morgan fingerprint density at radius 1 is 1.24 bits per heavy atom. The molecule has 25 heavy (non-hydrogen) atoms. The van der Waals surface area contributed by atoms with Crippen LogP contribution in [0.15, 0.2) is 53.7 Å². The zero-order valence-corrected chi connectivity index (χ0v) is 14.6. The van der Waals surface area contributed by atoms with Gasteiger partial charge in [0.05, 0.1) is 5.25 Å². The molecule has 5 nitrogen and oxygen atoms in total. The van der Waals surface area contributed by atoms with E-state index in [1.165, 1.54) is 29.5 Å². The Labute approximate surface area is 149 Å². The third-order valence-electron chi connectivity index (χ3n) is 3.53. The van der Waals surface area contributed by atoms with Gasteiger partial charge in [0.1, 0.15) is 5.82 Å². The van der Waals surface area contributed by atoms with Crippen molar-refractivity contribution >= 4 is 23.4 Å². The van der Waals surface area contributed by atoms with Crippen molar-refractivity contribution in [3.63, 3.8) is 0 Å². The van der Waals surface area contributed by atoms with E-state index in [1.807, 2.05) is 31.2 Å². The number of thioether (sulfide) groups is 1. The van der Waals surface area contributed by atoms with Gasteiger partial charge in [-0.25, -0.2) is 9.37 Å². The largest absolute Gasteiger partial charge is 0.325 e. The molecule has 0 aliphatic heterocycles. The van der Waals surface area contributed by atoms with Crippen molar-refractivity contribution in [1.82, 2.24) is 15.2 Å². The van der Waals surface area contributed by atoms with Crippen LogP contribution in [0.2, 0.25) is 0 Å². The standard InChI is InChI=1S/C18H17FN4OS/c1-11-6-8-13(9-7-11)16-21-18(23-22-16)25-12(2)17(24)20-15-5-3-4-14(19)10-15/h3-10,12H,1-2H3,(H,20,24)(H,21,22,23)/t12-/m0/s1. The fraction of sp³-hybridized carbons (Fsp3) is 0.167. The normalized spacial score (nSPS) is 12.0.